The molecule has 0 aliphatic rings. The van der Waals surface area contributed by atoms with Crippen molar-refractivity contribution < 1.29 is 4.79 Å². The lowest BCUT2D eigenvalue weighted by Crippen LogP contribution is -2.30. The van der Waals surface area contributed by atoms with Crippen LogP contribution in [0.15, 0.2) is 12.3 Å². The normalized spacial score (nSPS) is 12.9. The van der Waals surface area contributed by atoms with Gasteiger partial charge in [-0.05, 0) is 62.4 Å². The SMILES string of the molecule is CC(=O)C(N)Cc1c[nH]c2c(C)c(C)c(C)cc12. The summed E-state index contributed by atoms with van der Waals surface area (Å²) in [5.41, 5.74) is 12.0. The van der Waals surface area contributed by atoms with Gasteiger partial charge in [0.25, 0.3) is 0 Å². The lowest BCUT2D eigenvalue weighted by atomic mass is 9.97. The Hall–Kier alpha value is -1.61. The topological polar surface area (TPSA) is 58.9 Å². The largest absolute Gasteiger partial charge is 0.361 e. The monoisotopic (exact) mass is 244 g/mol. The van der Waals surface area contributed by atoms with Crippen LogP contribution in [0.5, 0.6) is 0 Å². The summed E-state index contributed by atoms with van der Waals surface area (Å²) in [5, 5.41) is 1.19. The Bertz CT molecular complexity index is 610. The highest BCUT2D eigenvalue weighted by Gasteiger charge is 2.14. The van der Waals surface area contributed by atoms with Gasteiger partial charge < -0.3 is 10.7 Å². The van der Waals surface area contributed by atoms with E-state index in [-0.39, 0.29) is 5.78 Å². The standard InChI is InChI=1S/C15H20N2O/c1-8-5-13-12(6-14(16)11(4)18)7-17-15(13)10(3)9(8)2/h5,7,14,17H,6,16H2,1-4H3. The van der Waals surface area contributed by atoms with Crippen LogP contribution in [0.1, 0.15) is 29.2 Å². The Morgan fingerprint density at radius 2 is 2.00 bits per heavy atom. The van der Waals surface area contributed by atoms with E-state index in [1.807, 2.05) is 6.20 Å². The Balaban J connectivity index is 2.51. The number of ketones is 1. The van der Waals surface area contributed by atoms with Gasteiger partial charge in [0.1, 0.15) is 5.78 Å². The zero-order valence-electron chi connectivity index (χ0n) is 11.4. The first-order chi connectivity index (χ1) is 8.41. The fourth-order valence-electron chi connectivity index (χ4n) is 2.31. The fraction of sp³-hybridized carbons (Fsp3) is 0.400. The van der Waals surface area contributed by atoms with Gasteiger partial charge in [-0.15, -0.1) is 0 Å². The van der Waals surface area contributed by atoms with Gasteiger partial charge in [-0.3, -0.25) is 4.79 Å². The van der Waals surface area contributed by atoms with Gasteiger partial charge in [0, 0.05) is 17.1 Å². The average Bonchev–Trinajstić information content (AvgIpc) is 2.69. The van der Waals surface area contributed by atoms with E-state index in [0.29, 0.717) is 6.42 Å². The summed E-state index contributed by atoms with van der Waals surface area (Å²) in [6.07, 6.45) is 2.57. The number of aromatic amines is 1. The smallest absolute Gasteiger partial charge is 0.146 e. The molecule has 0 saturated heterocycles. The number of carbonyl (C=O) groups excluding carboxylic acids is 1. The van der Waals surface area contributed by atoms with Gasteiger partial charge >= 0.3 is 0 Å². The average molecular weight is 244 g/mol. The van der Waals surface area contributed by atoms with Crippen molar-refractivity contribution in [2.45, 2.75) is 40.2 Å². The predicted molar refractivity (Wildman–Crippen MR) is 74.9 cm³/mol. The number of fused-ring (bicyclic) bond motifs is 1. The van der Waals surface area contributed by atoms with Gasteiger partial charge in [0.2, 0.25) is 0 Å². The molecule has 96 valence electrons. The van der Waals surface area contributed by atoms with E-state index in [9.17, 15) is 4.79 Å². The van der Waals surface area contributed by atoms with Crippen LogP contribution < -0.4 is 5.73 Å². The molecule has 0 aliphatic heterocycles. The Labute approximate surface area is 107 Å². The maximum atomic E-state index is 11.3. The van der Waals surface area contributed by atoms with Crippen LogP contribution in [0.2, 0.25) is 0 Å². The first kappa shape index (κ1) is 12.8. The molecule has 0 bridgehead atoms. The van der Waals surface area contributed by atoms with E-state index < -0.39 is 6.04 Å². The van der Waals surface area contributed by atoms with Crippen molar-refractivity contribution in [2.75, 3.05) is 0 Å². The van der Waals surface area contributed by atoms with Crippen LogP contribution in [0.3, 0.4) is 0 Å². The number of H-pyrrole nitrogens is 1. The van der Waals surface area contributed by atoms with E-state index in [1.165, 1.54) is 22.1 Å². The van der Waals surface area contributed by atoms with Crippen molar-refractivity contribution in [1.82, 2.24) is 4.98 Å². The highest BCUT2D eigenvalue weighted by atomic mass is 16.1. The summed E-state index contributed by atoms with van der Waals surface area (Å²) in [6, 6.07) is 1.77. The van der Waals surface area contributed by atoms with Crippen LogP contribution in [0, 0.1) is 20.8 Å². The number of hydrogen-bond donors (Lipinski definition) is 2. The number of Topliss-reactive ketones (excluding diaryl/α,β-unsaturated/α-hetero) is 1. The number of aryl methyl sites for hydroxylation is 2. The van der Waals surface area contributed by atoms with E-state index in [2.05, 4.69) is 31.8 Å². The van der Waals surface area contributed by atoms with Gasteiger partial charge in [-0.25, -0.2) is 0 Å². The second-order valence-corrected chi connectivity index (χ2v) is 5.10. The molecule has 0 fully saturated rings. The molecular formula is C15H20N2O. The van der Waals surface area contributed by atoms with Gasteiger partial charge in [0.15, 0.2) is 0 Å². The highest BCUT2D eigenvalue weighted by molar-refractivity contribution is 5.89. The molecule has 2 aromatic rings. The molecule has 3 nitrogen and oxygen atoms in total. The van der Waals surface area contributed by atoms with E-state index in [1.54, 1.807) is 6.92 Å². The predicted octanol–water partition coefficient (Wildman–Crippen LogP) is 2.55. The van der Waals surface area contributed by atoms with Crippen molar-refractivity contribution in [3.05, 3.63) is 34.5 Å². The Morgan fingerprint density at radius 1 is 1.33 bits per heavy atom. The molecule has 3 heteroatoms. The van der Waals surface area contributed by atoms with Crippen molar-refractivity contribution in [2.24, 2.45) is 5.73 Å². The minimum atomic E-state index is -0.411. The Kier molecular flexibility index (Phi) is 3.26. The molecule has 1 heterocycles. The fourth-order valence-corrected chi connectivity index (χ4v) is 2.31. The molecule has 1 aromatic heterocycles. The number of benzene rings is 1. The van der Waals surface area contributed by atoms with Gasteiger partial charge in [0.05, 0.1) is 6.04 Å². The van der Waals surface area contributed by atoms with Crippen molar-refractivity contribution in [1.29, 1.82) is 0 Å². The van der Waals surface area contributed by atoms with Crippen LogP contribution in [-0.4, -0.2) is 16.8 Å². The summed E-state index contributed by atoms with van der Waals surface area (Å²) < 4.78 is 0. The summed E-state index contributed by atoms with van der Waals surface area (Å²) in [7, 11) is 0. The summed E-state index contributed by atoms with van der Waals surface area (Å²) in [4.78, 5) is 14.6. The lowest BCUT2D eigenvalue weighted by molar-refractivity contribution is -0.118. The molecule has 0 saturated carbocycles. The van der Waals surface area contributed by atoms with Gasteiger partial charge in [-0.1, -0.05) is 0 Å². The van der Waals surface area contributed by atoms with E-state index in [0.717, 1.165) is 11.1 Å². The van der Waals surface area contributed by atoms with Crippen LogP contribution in [-0.2, 0) is 11.2 Å². The molecule has 0 radical (unpaired) electrons. The zero-order valence-corrected chi connectivity index (χ0v) is 11.4. The maximum absolute atomic E-state index is 11.3. The molecule has 18 heavy (non-hydrogen) atoms. The molecule has 3 N–H and O–H groups in total. The van der Waals surface area contributed by atoms with Crippen LogP contribution in [0.25, 0.3) is 10.9 Å². The summed E-state index contributed by atoms with van der Waals surface area (Å²) >= 11 is 0. The number of aromatic nitrogens is 1. The summed E-state index contributed by atoms with van der Waals surface area (Å²) in [6.45, 7) is 7.91. The second kappa shape index (κ2) is 4.58. The number of nitrogens with one attached hydrogen (secondary N) is 1. The Morgan fingerprint density at radius 3 is 2.61 bits per heavy atom. The number of rotatable bonds is 3. The quantitative estimate of drug-likeness (QED) is 0.871. The first-order valence-electron chi connectivity index (χ1n) is 6.24. The van der Waals surface area contributed by atoms with Crippen molar-refractivity contribution >= 4 is 16.7 Å². The minimum absolute atomic E-state index is 0.0323. The number of hydrogen-bond acceptors (Lipinski definition) is 2. The second-order valence-electron chi connectivity index (χ2n) is 5.10. The van der Waals surface area contributed by atoms with Crippen molar-refractivity contribution in [3.8, 4) is 0 Å². The first-order valence-corrected chi connectivity index (χ1v) is 6.24. The van der Waals surface area contributed by atoms with Gasteiger partial charge in [-0.2, -0.15) is 0 Å². The van der Waals surface area contributed by atoms with Crippen molar-refractivity contribution in [3.63, 3.8) is 0 Å². The molecule has 2 rings (SSSR count). The lowest BCUT2D eigenvalue weighted by Gasteiger charge is -2.09. The third-order valence-electron chi connectivity index (χ3n) is 3.86. The van der Waals surface area contributed by atoms with E-state index >= 15 is 0 Å². The highest BCUT2D eigenvalue weighted by Crippen LogP contribution is 2.27. The molecule has 1 atom stereocenters. The summed E-state index contributed by atoms with van der Waals surface area (Å²) in [5.74, 6) is 0.0323. The molecule has 1 aromatic carbocycles. The third kappa shape index (κ3) is 2.06. The molecule has 1 unspecified atom stereocenters. The minimum Gasteiger partial charge on any atom is -0.361 e. The zero-order chi connectivity index (χ0) is 13.4. The van der Waals surface area contributed by atoms with E-state index in [4.69, 9.17) is 5.73 Å². The van der Waals surface area contributed by atoms with Crippen LogP contribution in [0.4, 0.5) is 0 Å². The molecule has 0 spiro atoms. The maximum Gasteiger partial charge on any atom is 0.146 e. The van der Waals surface area contributed by atoms with Crippen LogP contribution >= 0.6 is 0 Å². The molecule has 0 aliphatic carbocycles. The number of carbonyl (C=O) groups is 1. The molecule has 0 amide bonds. The number of nitrogens with two attached hydrogens (primary N) is 1. The third-order valence-corrected chi connectivity index (χ3v) is 3.86. The molecular weight excluding hydrogens is 224 g/mol.